The Morgan fingerprint density at radius 2 is 2.04 bits per heavy atom. The summed E-state index contributed by atoms with van der Waals surface area (Å²) in [6.07, 6.45) is 0. The topological polar surface area (TPSA) is 88.3 Å². The summed E-state index contributed by atoms with van der Waals surface area (Å²) in [6.45, 7) is 2.15. The van der Waals surface area contributed by atoms with Gasteiger partial charge in [-0.05, 0) is 30.7 Å². The molecule has 2 rings (SSSR count). The molecule has 0 spiro atoms. The molecule has 0 aliphatic rings. The van der Waals surface area contributed by atoms with E-state index in [4.69, 9.17) is 5.73 Å². The number of amides is 2. The Bertz CT molecular complexity index is 715. The highest BCUT2D eigenvalue weighted by Gasteiger charge is 2.14. The van der Waals surface area contributed by atoms with Gasteiger partial charge in [-0.2, -0.15) is 0 Å². The van der Waals surface area contributed by atoms with Crippen molar-refractivity contribution in [1.29, 1.82) is 0 Å². The van der Waals surface area contributed by atoms with Crippen LogP contribution in [0.15, 0.2) is 23.6 Å². The van der Waals surface area contributed by atoms with Crippen molar-refractivity contribution in [3.8, 4) is 0 Å². The van der Waals surface area contributed by atoms with Gasteiger partial charge in [0.25, 0.3) is 11.8 Å². The highest BCUT2D eigenvalue weighted by atomic mass is 35.5. The fourth-order valence-corrected chi connectivity index (χ4v) is 2.58. The van der Waals surface area contributed by atoms with Crippen LogP contribution >= 0.6 is 23.7 Å². The maximum Gasteiger partial charge on any atom is 0.275 e. The zero-order valence-electron chi connectivity index (χ0n) is 13.1. The Morgan fingerprint density at radius 1 is 1.35 bits per heavy atom. The van der Waals surface area contributed by atoms with Crippen molar-refractivity contribution in [2.24, 2.45) is 5.73 Å². The minimum Gasteiger partial charge on any atom is -0.345 e. The highest BCUT2D eigenvalue weighted by Crippen LogP contribution is 2.18. The molecule has 2 amide bonds. The molecular formula is C15H19ClN4O2S. The maximum absolute atomic E-state index is 12.1. The Balaban J connectivity index is 0.00000264. The van der Waals surface area contributed by atoms with Gasteiger partial charge < -0.3 is 16.0 Å². The van der Waals surface area contributed by atoms with E-state index >= 15 is 0 Å². The van der Waals surface area contributed by atoms with E-state index in [1.54, 1.807) is 37.7 Å². The van der Waals surface area contributed by atoms with E-state index in [0.717, 1.165) is 5.56 Å². The lowest BCUT2D eigenvalue weighted by atomic mass is 10.1. The maximum atomic E-state index is 12.1. The highest BCUT2D eigenvalue weighted by molar-refractivity contribution is 7.09. The average molecular weight is 355 g/mol. The third-order valence-electron chi connectivity index (χ3n) is 3.08. The predicted molar refractivity (Wildman–Crippen MR) is 94.4 cm³/mol. The first-order chi connectivity index (χ1) is 10.4. The van der Waals surface area contributed by atoms with Crippen LogP contribution < -0.4 is 11.1 Å². The first-order valence-corrected chi connectivity index (χ1v) is 7.58. The zero-order valence-corrected chi connectivity index (χ0v) is 14.8. The fourth-order valence-electron chi connectivity index (χ4n) is 1.93. The summed E-state index contributed by atoms with van der Waals surface area (Å²) in [5, 5.41) is 5.16. The second-order valence-electron chi connectivity index (χ2n) is 5.01. The van der Waals surface area contributed by atoms with E-state index in [1.807, 2.05) is 6.92 Å². The van der Waals surface area contributed by atoms with Gasteiger partial charge in [0.05, 0.1) is 0 Å². The van der Waals surface area contributed by atoms with Crippen LogP contribution in [-0.2, 0) is 6.54 Å². The van der Waals surface area contributed by atoms with Crippen LogP contribution in [0.4, 0.5) is 5.69 Å². The Hall–Kier alpha value is -1.96. The lowest BCUT2D eigenvalue weighted by Gasteiger charge is -2.13. The van der Waals surface area contributed by atoms with Crippen LogP contribution in [-0.4, -0.2) is 35.8 Å². The fraction of sp³-hybridized carbons (Fsp3) is 0.267. The lowest BCUT2D eigenvalue weighted by Crippen LogP contribution is -2.22. The van der Waals surface area contributed by atoms with Crippen LogP contribution in [0.1, 0.15) is 31.4 Å². The van der Waals surface area contributed by atoms with E-state index in [9.17, 15) is 9.59 Å². The molecule has 8 heteroatoms. The predicted octanol–water partition coefficient (Wildman–Crippen LogP) is 2.29. The molecular weight excluding hydrogens is 336 g/mol. The van der Waals surface area contributed by atoms with Gasteiger partial charge in [0, 0.05) is 37.3 Å². The van der Waals surface area contributed by atoms with Crippen molar-refractivity contribution in [2.45, 2.75) is 13.5 Å². The Labute approximate surface area is 145 Å². The first kappa shape index (κ1) is 19.1. The van der Waals surface area contributed by atoms with Gasteiger partial charge in [0.1, 0.15) is 10.7 Å². The number of thiazole rings is 1. The number of rotatable bonds is 4. The minimum atomic E-state index is -0.290. The van der Waals surface area contributed by atoms with Crippen molar-refractivity contribution in [2.75, 3.05) is 19.4 Å². The van der Waals surface area contributed by atoms with Crippen LogP contribution in [0.3, 0.4) is 0 Å². The van der Waals surface area contributed by atoms with Gasteiger partial charge >= 0.3 is 0 Å². The molecule has 0 saturated heterocycles. The number of carbonyl (C=O) groups is 2. The molecule has 23 heavy (non-hydrogen) atoms. The summed E-state index contributed by atoms with van der Waals surface area (Å²) in [4.78, 5) is 29.7. The first-order valence-electron chi connectivity index (χ1n) is 6.70. The number of nitrogens with two attached hydrogens (primary N) is 1. The van der Waals surface area contributed by atoms with Gasteiger partial charge in [-0.1, -0.05) is 0 Å². The molecule has 124 valence electrons. The number of benzene rings is 1. The van der Waals surface area contributed by atoms with Gasteiger partial charge in [0.2, 0.25) is 0 Å². The monoisotopic (exact) mass is 354 g/mol. The third-order valence-corrected chi connectivity index (χ3v) is 3.95. The number of hydrogen-bond donors (Lipinski definition) is 2. The van der Waals surface area contributed by atoms with E-state index in [-0.39, 0.29) is 24.2 Å². The molecule has 0 saturated carbocycles. The lowest BCUT2D eigenvalue weighted by molar-refractivity contribution is 0.0826. The Kier molecular flexibility index (Phi) is 6.68. The minimum absolute atomic E-state index is 0. The van der Waals surface area contributed by atoms with Gasteiger partial charge in [-0.3, -0.25) is 9.59 Å². The number of aryl methyl sites for hydroxylation is 1. The van der Waals surface area contributed by atoms with Crippen molar-refractivity contribution in [1.82, 2.24) is 9.88 Å². The number of nitrogens with zero attached hydrogens (tertiary/aromatic N) is 2. The normalized spacial score (nSPS) is 9.91. The van der Waals surface area contributed by atoms with Crippen LogP contribution in [0.2, 0.25) is 0 Å². The van der Waals surface area contributed by atoms with Crippen molar-refractivity contribution >= 4 is 41.2 Å². The number of nitrogens with one attached hydrogen (secondary N) is 1. The molecule has 3 N–H and O–H groups in total. The molecule has 1 aromatic carbocycles. The SMILES string of the molecule is Cc1cc(NC(=O)c2csc(CN)n2)ccc1C(=O)N(C)C.Cl. The molecule has 0 bridgehead atoms. The molecule has 0 aliphatic carbocycles. The van der Waals surface area contributed by atoms with Gasteiger partial charge in [-0.25, -0.2) is 4.98 Å². The summed E-state index contributed by atoms with van der Waals surface area (Å²) in [5.41, 5.74) is 7.87. The number of aromatic nitrogens is 1. The summed E-state index contributed by atoms with van der Waals surface area (Å²) in [6, 6.07) is 5.18. The number of carbonyl (C=O) groups excluding carboxylic acids is 2. The summed E-state index contributed by atoms with van der Waals surface area (Å²) in [7, 11) is 3.41. The van der Waals surface area contributed by atoms with E-state index in [0.29, 0.717) is 28.5 Å². The molecule has 2 aromatic rings. The number of halogens is 1. The van der Waals surface area contributed by atoms with Crippen molar-refractivity contribution in [3.05, 3.63) is 45.4 Å². The largest absolute Gasteiger partial charge is 0.345 e. The molecule has 0 unspecified atom stereocenters. The molecule has 6 nitrogen and oxygen atoms in total. The van der Waals surface area contributed by atoms with E-state index in [2.05, 4.69) is 10.3 Å². The van der Waals surface area contributed by atoms with Crippen molar-refractivity contribution in [3.63, 3.8) is 0 Å². The molecule has 0 fully saturated rings. The molecule has 1 heterocycles. The summed E-state index contributed by atoms with van der Waals surface area (Å²) >= 11 is 1.35. The average Bonchev–Trinajstić information content (AvgIpc) is 2.95. The smallest absolute Gasteiger partial charge is 0.275 e. The molecule has 0 radical (unpaired) electrons. The summed E-state index contributed by atoms with van der Waals surface area (Å²) in [5.74, 6) is -0.357. The number of anilines is 1. The van der Waals surface area contributed by atoms with Crippen molar-refractivity contribution < 1.29 is 9.59 Å². The van der Waals surface area contributed by atoms with E-state index < -0.39 is 0 Å². The quantitative estimate of drug-likeness (QED) is 0.881. The molecule has 1 aromatic heterocycles. The van der Waals surface area contributed by atoms with Crippen LogP contribution in [0.25, 0.3) is 0 Å². The molecule has 0 aliphatic heterocycles. The van der Waals surface area contributed by atoms with Crippen LogP contribution in [0, 0.1) is 6.92 Å². The Morgan fingerprint density at radius 3 is 2.57 bits per heavy atom. The van der Waals surface area contributed by atoms with Crippen LogP contribution in [0.5, 0.6) is 0 Å². The summed E-state index contributed by atoms with van der Waals surface area (Å²) < 4.78 is 0. The second kappa shape index (κ2) is 8.05. The standard InChI is InChI=1S/C15H18N4O2S.ClH/c1-9-6-10(4-5-11(9)15(21)19(2)3)17-14(20)12-8-22-13(7-16)18-12;/h4-6,8H,7,16H2,1-3H3,(H,17,20);1H. The zero-order chi connectivity index (χ0) is 16.3. The third kappa shape index (κ3) is 4.51. The van der Waals surface area contributed by atoms with Gasteiger partial charge in [-0.15, -0.1) is 23.7 Å². The molecule has 0 atom stereocenters. The van der Waals surface area contributed by atoms with E-state index in [1.165, 1.54) is 16.2 Å². The number of hydrogen-bond acceptors (Lipinski definition) is 5. The van der Waals surface area contributed by atoms with Gasteiger partial charge in [0.15, 0.2) is 0 Å². The second-order valence-corrected chi connectivity index (χ2v) is 5.96.